The molecule has 0 bridgehead atoms. The summed E-state index contributed by atoms with van der Waals surface area (Å²) in [4.78, 5) is 5.01. The molecule has 1 aliphatic heterocycles. The average Bonchev–Trinajstić information content (AvgIpc) is 3.66. The van der Waals surface area contributed by atoms with Gasteiger partial charge in [0.15, 0.2) is 0 Å². The maximum atomic E-state index is 6.80. The highest BCUT2D eigenvalue weighted by Gasteiger charge is 2.48. The van der Waals surface area contributed by atoms with Gasteiger partial charge in [-0.15, -0.1) is 0 Å². The lowest BCUT2D eigenvalue weighted by Crippen LogP contribution is -2.36. The SMILES string of the molecule is c1ccc2c(c1)Sc1ccccc1C21c2cc(N(c3ccc4ccccc4c3)c3ccc4c(c3)oc3c5ccccc5ccc43)ccc2-c2cccc3cccc1c23. The van der Waals surface area contributed by atoms with Crippen LogP contribution in [-0.4, -0.2) is 0 Å². The molecule has 0 saturated heterocycles. The third-order valence-corrected chi connectivity index (χ3v) is 13.8. The van der Waals surface area contributed by atoms with E-state index in [0.29, 0.717) is 0 Å². The molecule has 1 aromatic heterocycles. The Labute approximate surface area is 339 Å². The molecule has 1 aliphatic carbocycles. The third-order valence-electron chi connectivity index (χ3n) is 12.7. The molecule has 2 aliphatic rings. The molecule has 0 saturated carbocycles. The van der Waals surface area contributed by atoms with E-state index in [1.165, 1.54) is 70.1 Å². The van der Waals surface area contributed by atoms with E-state index in [4.69, 9.17) is 4.42 Å². The topological polar surface area (TPSA) is 16.4 Å². The lowest BCUT2D eigenvalue weighted by Gasteiger charge is -2.46. The highest BCUT2D eigenvalue weighted by atomic mass is 32.2. The van der Waals surface area contributed by atoms with E-state index in [1.807, 2.05) is 11.8 Å². The van der Waals surface area contributed by atoms with E-state index >= 15 is 0 Å². The Morgan fingerprint density at radius 1 is 0.379 bits per heavy atom. The van der Waals surface area contributed by atoms with Crippen LogP contribution in [-0.2, 0) is 5.41 Å². The van der Waals surface area contributed by atoms with E-state index in [-0.39, 0.29) is 0 Å². The van der Waals surface area contributed by atoms with Crippen LogP contribution < -0.4 is 4.90 Å². The largest absolute Gasteiger partial charge is 0.455 e. The van der Waals surface area contributed by atoms with Gasteiger partial charge in [-0.1, -0.05) is 151 Å². The molecule has 1 spiro atoms. The Bertz CT molecular complexity index is 3470. The number of nitrogens with zero attached hydrogens (tertiary/aromatic N) is 1. The summed E-state index contributed by atoms with van der Waals surface area (Å²) in [6.07, 6.45) is 0. The first kappa shape index (κ1) is 32.1. The zero-order valence-electron chi connectivity index (χ0n) is 31.3. The van der Waals surface area contributed by atoms with Crippen LogP contribution in [0.25, 0.3) is 65.4 Å². The molecule has 58 heavy (non-hydrogen) atoms. The van der Waals surface area contributed by atoms with Gasteiger partial charge in [-0.2, -0.15) is 0 Å². The second-order valence-corrected chi connectivity index (χ2v) is 16.7. The molecule has 2 heterocycles. The molecule has 0 radical (unpaired) electrons. The minimum atomic E-state index is -0.545. The first-order valence-electron chi connectivity index (χ1n) is 19.9. The molecule has 0 atom stereocenters. The van der Waals surface area contributed by atoms with Crippen molar-refractivity contribution >= 4 is 83.1 Å². The number of fused-ring (bicyclic) bond motifs is 14. The Morgan fingerprint density at radius 3 is 1.83 bits per heavy atom. The molecule has 0 unspecified atom stereocenters. The summed E-state index contributed by atoms with van der Waals surface area (Å²) in [5, 5.41) is 9.56. The first-order chi connectivity index (χ1) is 28.7. The van der Waals surface area contributed by atoms with Crippen molar-refractivity contribution in [3.63, 3.8) is 0 Å². The summed E-state index contributed by atoms with van der Waals surface area (Å²) >= 11 is 1.88. The van der Waals surface area contributed by atoms with E-state index in [2.05, 4.69) is 205 Å². The van der Waals surface area contributed by atoms with Crippen molar-refractivity contribution in [3.05, 3.63) is 222 Å². The van der Waals surface area contributed by atoms with Gasteiger partial charge in [-0.05, 0) is 115 Å². The van der Waals surface area contributed by atoms with Crippen molar-refractivity contribution < 1.29 is 4.42 Å². The summed E-state index contributed by atoms with van der Waals surface area (Å²) in [6, 6.07) is 74.0. The molecule has 10 aromatic carbocycles. The van der Waals surface area contributed by atoms with Crippen LogP contribution in [0.2, 0.25) is 0 Å². The van der Waals surface area contributed by atoms with Crippen LogP contribution >= 0.6 is 11.8 Å². The minimum absolute atomic E-state index is 0.545. The van der Waals surface area contributed by atoms with Crippen LogP contribution in [0, 0.1) is 0 Å². The summed E-state index contributed by atoms with van der Waals surface area (Å²) in [5.41, 5.74) is 12.3. The molecule has 0 N–H and O–H groups in total. The quantitative estimate of drug-likeness (QED) is 0.179. The minimum Gasteiger partial charge on any atom is -0.455 e. The Hall–Kier alpha value is -7.07. The van der Waals surface area contributed by atoms with Crippen molar-refractivity contribution in [2.75, 3.05) is 4.90 Å². The van der Waals surface area contributed by atoms with Gasteiger partial charge >= 0.3 is 0 Å². The van der Waals surface area contributed by atoms with E-state index in [9.17, 15) is 0 Å². The van der Waals surface area contributed by atoms with Gasteiger partial charge in [-0.25, -0.2) is 0 Å². The Balaban J connectivity index is 1.12. The molecule has 2 nitrogen and oxygen atoms in total. The molecule has 0 amide bonds. The summed E-state index contributed by atoms with van der Waals surface area (Å²) in [6.45, 7) is 0. The Kier molecular flexibility index (Phi) is 6.62. The molecule has 270 valence electrons. The van der Waals surface area contributed by atoms with Crippen molar-refractivity contribution in [2.24, 2.45) is 0 Å². The standard InChI is InChI=1S/C55H33NOS/c1-2-13-37-31-38(25-23-34(37)11-1)56(40-27-30-43-45-28-24-35-12-3-4-16-41(35)54(45)57-50(43)33-40)39-26-29-42-44-17-9-14-36-15-10-20-48(53(36)44)55(49(42)32-39)46-18-5-7-21-51(46)58-52-22-8-6-19-47(52)55/h1-33H. The van der Waals surface area contributed by atoms with Crippen molar-refractivity contribution in [3.8, 4) is 11.1 Å². The van der Waals surface area contributed by atoms with Crippen molar-refractivity contribution in [1.29, 1.82) is 0 Å². The predicted molar refractivity (Wildman–Crippen MR) is 242 cm³/mol. The summed E-state index contributed by atoms with van der Waals surface area (Å²) < 4.78 is 6.80. The fourth-order valence-electron chi connectivity index (χ4n) is 10.2. The fraction of sp³-hybridized carbons (Fsp3) is 0.0182. The van der Waals surface area contributed by atoms with Gasteiger partial charge < -0.3 is 9.32 Å². The predicted octanol–water partition coefficient (Wildman–Crippen LogP) is 15.3. The van der Waals surface area contributed by atoms with Gasteiger partial charge in [0.05, 0.1) is 5.41 Å². The summed E-state index contributed by atoms with van der Waals surface area (Å²) in [5.74, 6) is 0. The number of rotatable bonds is 3. The maximum absolute atomic E-state index is 6.80. The first-order valence-corrected chi connectivity index (χ1v) is 20.7. The van der Waals surface area contributed by atoms with Gasteiger partial charge in [0.25, 0.3) is 0 Å². The number of hydrogen-bond acceptors (Lipinski definition) is 3. The zero-order valence-corrected chi connectivity index (χ0v) is 32.1. The van der Waals surface area contributed by atoms with Gasteiger partial charge in [0, 0.05) is 49.1 Å². The lowest BCUT2D eigenvalue weighted by atomic mass is 9.59. The number of furan rings is 1. The van der Waals surface area contributed by atoms with Crippen LogP contribution in [0.3, 0.4) is 0 Å². The third kappa shape index (κ3) is 4.34. The second-order valence-electron chi connectivity index (χ2n) is 15.6. The molecule has 11 aromatic rings. The second kappa shape index (κ2) is 12.0. The monoisotopic (exact) mass is 755 g/mol. The van der Waals surface area contributed by atoms with Gasteiger partial charge in [0.1, 0.15) is 11.2 Å². The van der Waals surface area contributed by atoms with Gasteiger partial charge in [0.2, 0.25) is 0 Å². The van der Waals surface area contributed by atoms with Crippen LogP contribution in [0.4, 0.5) is 17.1 Å². The fourth-order valence-corrected chi connectivity index (χ4v) is 11.4. The average molecular weight is 756 g/mol. The number of benzene rings is 10. The molecular formula is C55H33NOS. The number of anilines is 3. The molecule has 3 heteroatoms. The highest BCUT2D eigenvalue weighted by molar-refractivity contribution is 7.99. The zero-order chi connectivity index (χ0) is 38.0. The van der Waals surface area contributed by atoms with E-state index < -0.39 is 5.41 Å². The summed E-state index contributed by atoms with van der Waals surface area (Å²) in [7, 11) is 0. The molecular weight excluding hydrogens is 723 g/mol. The van der Waals surface area contributed by atoms with Crippen molar-refractivity contribution in [2.45, 2.75) is 15.2 Å². The molecule has 0 fully saturated rings. The van der Waals surface area contributed by atoms with Crippen LogP contribution in [0.1, 0.15) is 22.3 Å². The smallest absolute Gasteiger partial charge is 0.143 e. The normalized spacial score (nSPS) is 13.6. The molecule has 13 rings (SSSR count). The Morgan fingerprint density at radius 2 is 0.983 bits per heavy atom. The highest BCUT2D eigenvalue weighted by Crippen LogP contribution is 2.62. The number of hydrogen-bond donors (Lipinski definition) is 0. The lowest BCUT2D eigenvalue weighted by molar-refractivity contribution is 0.672. The van der Waals surface area contributed by atoms with Gasteiger partial charge in [-0.3, -0.25) is 0 Å². The van der Waals surface area contributed by atoms with Crippen LogP contribution in [0.15, 0.2) is 214 Å². The van der Waals surface area contributed by atoms with E-state index in [0.717, 1.165) is 44.4 Å². The van der Waals surface area contributed by atoms with E-state index in [1.54, 1.807) is 0 Å². The van der Waals surface area contributed by atoms with Crippen LogP contribution in [0.5, 0.6) is 0 Å². The van der Waals surface area contributed by atoms with Crippen molar-refractivity contribution in [1.82, 2.24) is 0 Å². The maximum Gasteiger partial charge on any atom is 0.143 e.